The first kappa shape index (κ1) is 15.0. The van der Waals surface area contributed by atoms with Gasteiger partial charge in [-0.2, -0.15) is 0 Å². The van der Waals surface area contributed by atoms with E-state index in [0.29, 0.717) is 5.88 Å². The summed E-state index contributed by atoms with van der Waals surface area (Å²) >= 11 is 0. The number of rotatable bonds is 4. The standard InChI is InChI=1S/C16H23N5O/c1-12(17)11-20-7-9-21(10-8-20)14-5-6-18-13-3-4-15(22-2)19-16(13)14/h3-6,12H,7-11,17H2,1-2H3. The highest BCUT2D eigenvalue weighted by Crippen LogP contribution is 2.26. The fourth-order valence-electron chi connectivity index (χ4n) is 2.94. The Hall–Kier alpha value is -1.92. The number of fused-ring (bicyclic) bond motifs is 1. The first-order chi connectivity index (χ1) is 10.7. The largest absolute Gasteiger partial charge is 0.481 e. The summed E-state index contributed by atoms with van der Waals surface area (Å²) in [6, 6.07) is 6.06. The number of nitrogens with zero attached hydrogens (tertiary/aromatic N) is 4. The Balaban J connectivity index is 1.82. The second-order valence-electron chi connectivity index (χ2n) is 5.82. The van der Waals surface area contributed by atoms with Crippen molar-refractivity contribution in [2.24, 2.45) is 5.73 Å². The normalized spacial score (nSPS) is 17.7. The average Bonchev–Trinajstić information content (AvgIpc) is 2.54. The Kier molecular flexibility index (Phi) is 4.40. The maximum Gasteiger partial charge on any atom is 0.213 e. The number of anilines is 1. The molecule has 0 saturated carbocycles. The van der Waals surface area contributed by atoms with E-state index < -0.39 is 0 Å². The molecule has 1 aliphatic rings. The summed E-state index contributed by atoms with van der Waals surface area (Å²) in [5, 5.41) is 0. The number of pyridine rings is 2. The van der Waals surface area contributed by atoms with Crippen molar-refractivity contribution in [1.29, 1.82) is 0 Å². The lowest BCUT2D eigenvalue weighted by molar-refractivity contribution is 0.247. The molecule has 1 saturated heterocycles. The zero-order chi connectivity index (χ0) is 15.5. The van der Waals surface area contributed by atoms with Crippen LogP contribution in [-0.4, -0.2) is 60.7 Å². The summed E-state index contributed by atoms with van der Waals surface area (Å²) in [7, 11) is 1.64. The van der Waals surface area contributed by atoms with Gasteiger partial charge in [0.2, 0.25) is 5.88 Å². The van der Waals surface area contributed by atoms with Crippen LogP contribution in [0.25, 0.3) is 11.0 Å². The molecule has 1 aliphatic heterocycles. The molecule has 0 spiro atoms. The number of hydrogen-bond acceptors (Lipinski definition) is 6. The van der Waals surface area contributed by atoms with Gasteiger partial charge in [0.1, 0.15) is 5.52 Å². The number of aromatic nitrogens is 2. The minimum absolute atomic E-state index is 0.222. The average molecular weight is 301 g/mol. The number of nitrogens with two attached hydrogens (primary N) is 1. The molecule has 2 N–H and O–H groups in total. The van der Waals surface area contributed by atoms with Crippen LogP contribution >= 0.6 is 0 Å². The minimum atomic E-state index is 0.222. The predicted molar refractivity (Wildman–Crippen MR) is 88.4 cm³/mol. The lowest BCUT2D eigenvalue weighted by Gasteiger charge is -2.36. The zero-order valence-electron chi connectivity index (χ0n) is 13.2. The van der Waals surface area contributed by atoms with E-state index in [4.69, 9.17) is 10.5 Å². The monoisotopic (exact) mass is 301 g/mol. The van der Waals surface area contributed by atoms with Gasteiger partial charge < -0.3 is 15.4 Å². The molecule has 118 valence electrons. The molecule has 0 aliphatic carbocycles. The van der Waals surface area contributed by atoms with Crippen LogP contribution < -0.4 is 15.4 Å². The van der Waals surface area contributed by atoms with Crippen molar-refractivity contribution in [1.82, 2.24) is 14.9 Å². The molecule has 2 aromatic heterocycles. The third kappa shape index (κ3) is 3.13. The van der Waals surface area contributed by atoms with E-state index >= 15 is 0 Å². The van der Waals surface area contributed by atoms with Crippen molar-refractivity contribution in [3.05, 3.63) is 24.4 Å². The molecule has 1 unspecified atom stereocenters. The van der Waals surface area contributed by atoms with Gasteiger partial charge in [0, 0.05) is 51.0 Å². The van der Waals surface area contributed by atoms with Crippen LogP contribution in [0.4, 0.5) is 5.69 Å². The van der Waals surface area contributed by atoms with Crippen molar-refractivity contribution in [3.63, 3.8) is 0 Å². The zero-order valence-corrected chi connectivity index (χ0v) is 13.2. The molecule has 0 radical (unpaired) electrons. The van der Waals surface area contributed by atoms with Crippen LogP contribution in [0.5, 0.6) is 5.88 Å². The molecule has 22 heavy (non-hydrogen) atoms. The third-order valence-corrected chi connectivity index (χ3v) is 4.01. The molecular weight excluding hydrogens is 278 g/mol. The van der Waals surface area contributed by atoms with Crippen LogP contribution in [-0.2, 0) is 0 Å². The molecule has 0 bridgehead atoms. The number of piperazine rings is 1. The van der Waals surface area contributed by atoms with Gasteiger partial charge in [0.05, 0.1) is 18.3 Å². The topological polar surface area (TPSA) is 67.5 Å². The number of methoxy groups -OCH3 is 1. The van der Waals surface area contributed by atoms with Gasteiger partial charge in [0.15, 0.2) is 0 Å². The maximum absolute atomic E-state index is 5.89. The van der Waals surface area contributed by atoms with Crippen LogP contribution in [0.15, 0.2) is 24.4 Å². The molecule has 6 heteroatoms. The van der Waals surface area contributed by atoms with Gasteiger partial charge in [-0.1, -0.05) is 0 Å². The van der Waals surface area contributed by atoms with E-state index in [1.165, 1.54) is 0 Å². The van der Waals surface area contributed by atoms with E-state index in [1.54, 1.807) is 7.11 Å². The van der Waals surface area contributed by atoms with E-state index in [0.717, 1.165) is 49.4 Å². The van der Waals surface area contributed by atoms with E-state index in [2.05, 4.69) is 26.7 Å². The van der Waals surface area contributed by atoms with Gasteiger partial charge in [-0.25, -0.2) is 4.98 Å². The van der Waals surface area contributed by atoms with E-state index in [1.807, 2.05) is 24.4 Å². The second-order valence-corrected chi connectivity index (χ2v) is 5.82. The van der Waals surface area contributed by atoms with E-state index in [-0.39, 0.29) is 6.04 Å². The highest BCUT2D eigenvalue weighted by Gasteiger charge is 2.20. The van der Waals surface area contributed by atoms with Gasteiger partial charge >= 0.3 is 0 Å². The number of hydrogen-bond donors (Lipinski definition) is 1. The van der Waals surface area contributed by atoms with Crippen LogP contribution in [0.1, 0.15) is 6.92 Å². The molecule has 0 amide bonds. The van der Waals surface area contributed by atoms with Gasteiger partial charge in [-0.3, -0.25) is 9.88 Å². The Bertz CT molecular complexity index is 637. The molecule has 1 atom stereocenters. The molecule has 6 nitrogen and oxygen atoms in total. The smallest absolute Gasteiger partial charge is 0.213 e. The van der Waals surface area contributed by atoms with Crippen molar-refractivity contribution in [2.75, 3.05) is 44.7 Å². The Morgan fingerprint density at radius 2 is 2.00 bits per heavy atom. The van der Waals surface area contributed by atoms with Crippen LogP contribution in [0.3, 0.4) is 0 Å². The van der Waals surface area contributed by atoms with Crippen molar-refractivity contribution < 1.29 is 4.74 Å². The minimum Gasteiger partial charge on any atom is -0.481 e. The lowest BCUT2D eigenvalue weighted by Crippen LogP contribution is -2.49. The SMILES string of the molecule is COc1ccc2nccc(N3CCN(CC(C)N)CC3)c2n1. The maximum atomic E-state index is 5.89. The second kappa shape index (κ2) is 6.46. The quantitative estimate of drug-likeness (QED) is 0.912. The summed E-state index contributed by atoms with van der Waals surface area (Å²) in [6.07, 6.45) is 1.85. The number of ether oxygens (including phenoxy) is 1. The molecule has 3 rings (SSSR count). The van der Waals surface area contributed by atoms with Gasteiger partial charge in [0.25, 0.3) is 0 Å². The Morgan fingerprint density at radius 3 is 2.68 bits per heavy atom. The van der Waals surface area contributed by atoms with Crippen LogP contribution in [0, 0.1) is 0 Å². The fourth-order valence-corrected chi connectivity index (χ4v) is 2.94. The summed E-state index contributed by atoms with van der Waals surface area (Å²) in [6.45, 7) is 7.01. The highest BCUT2D eigenvalue weighted by molar-refractivity contribution is 5.88. The highest BCUT2D eigenvalue weighted by atomic mass is 16.5. The van der Waals surface area contributed by atoms with Crippen molar-refractivity contribution in [3.8, 4) is 5.88 Å². The Labute approximate surface area is 130 Å². The first-order valence-electron chi connectivity index (χ1n) is 7.70. The lowest BCUT2D eigenvalue weighted by atomic mass is 10.2. The first-order valence-corrected chi connectivity index (χ1v) is 7.70. The third-order valence-electron chi connectivity index (χ3n) is 4.01. The summed E-state index contributed by atoms with van der Waals surface area (Å²) < 4.78 is 5.25. The molecule has 0 aromatic carbocycles. The summed E-state index contributed by atoms with van der Waals surface area (Å²) in [4.78, 5) is 13.8. The van der Waals surface area contributed by atoms with Gasteiger partial charge in [-0.05, 0) is 19.1 Å². The molecule has 3 heterocycles. The van der Waals surface area contributed by atoms with Crippen molar-refractivity contribution in [2.45, 2.75) is 13.0 Å². The summed E-state index contributed by atoms with van der Waals surface area (Å²) in [5.41, 5.74) is 8.82. The predicted octanol–water partition coefficient (Wildman–Crippen LogP) is 1.11. The fraction of sp³-hybridized carbons (Fsp3) is 0.500. The van der Waals surface area contributed by atoms with Gasteiger partial charge in [-0.15, -0.1) is 0 Å². The Morgan fingerprint density at radius 1 is 1.23 bits per heavy atom. The van der Waals surface area contributed by atoms with E-state index in [9.17, 15) is 0 Å². The molecule has 2 aromatic rings. The molecular formula is C16H23N5O. The summed E-state index contributed by atoms with van der Waals surface area (Å²) in [5.74, 6) is 0.623. The molecule has 1 fully saturated rings. The van der Waals surface area contributed by atoms with Crippen LogP contribution in [0.2, 0.25) is 0 Å². The van der Waals surface area contributed by atoms with Crippen molar-refractivity contribution >= 4 is 16.7 Å².